The van der Waals surface area contributed by atoms with Gasteiger partial charge in [-0.25, -0.2) is 9.78 Å². The topological polar surface area (TPSA) is 108 Å². The van der Waals surface area contributed by atoms with Gasteiger partial charge in [0.15, 0.2) is 5.82 Å². The lowest BCUT2D eigenvalue weighted by Crippen LogP contribution is -2.36. The molecule has 1 aliphatic rings. The molecule has 0 spiro atoms. The van der Waals surface area contributed by atoms with Crippen LogP contribution in [0.2, 0.25) is 0 Å². The quantitative estimate of drug-likeness (QED) is 0.726. The SMILES string of the molecule is COc1cc(C(=O)N[C@@H]2CCN(C)C2)ccc1NC(=O)Nc1cnc(C)cn1. The number of methoxy groups -OCH3 is 1. The van der Waals surface area contributed by atoms with E-state index in [1.54, 1.807) is 24.4 Å². The predicted octanol–water partition coefficient (Wildman–Crippen LogP) is 1.87. The van der Waals surface area contributed by atoms with E-state index < -0.39 is 6.03 Å². The van der Waals surface area contributed by atoms with E-state index in [4.69, 9.17) is 4.74 Å². The molecule has 1 aromatic heterocycles. The lowest BCUT2D eigenvalue weighted by molar-refractivity contribution is 0.0938. The van der Waals surface area contributed by atoms with Crippen molar-refractivity contribution < 1.29 is 14.3 Å². The predicted molar refractivity (Wildman–Crippen MR) is 106 cm³/mol. The molecule has 2 heterocycles. The molecule has 1 atom stereocenters. The summed E-state index contributed by atoms with van der Waals surface area (Å²) in [5.74, 6) is 0.561. The van der Waals surface area contributed by atoms with Crippen molar-refractivity contribution >= 4 is 23.4 Å². The molecule has 1 saturated heterocycles. The molecule has 1 aliphatic heterocycles. The van der Waals surface area contributed by atoms with Crippen molar-refractivity contribution in [2.24, 2.45) is 0 Å². The van der Waals surface area contributed by atoms with Crippen LogP contribution >= 0.6 is 0 Å². The Labute approximate surface area is 163 Å². The minimum absolute atomic E-state index is 0.141. The van der Waals surface area contributed by atoms with Gasteiger partial charge in [-0.15, -0.1) is 0 Å². The molecule has 0 radical (unpaired) electrons. The Balaban J connectivity index is 1.64. The summed E-state index contributed by atoms with van der Waals surface area (Å²) >= 11 is 0. The summed E-state index contributed by atoms with van der Waals surface area (Å²) in [6.45, 7) is 3.62. The van der Waals surface area contributed by atoms with E-state index in [9.17, 15) is 9.59 Å². The van der Waals surface area contributed by atoms with Gasteiger partial charge in [-0.1, -0.05) is 0 Å². The van der Waals surface area contributed by atoms with E-state index in [0.717, 1.165) is 25.2 Å². The van der Waals surface area contributed by atoms with Gasteiger partial charge in [-0.3, -0.25) is 15.1 Å². The number of nitrogens with one attached hydrogen (secondary N) is 3. The molecule has 0 saturated carbocycles. The molecular formula is C19H24N6O3. The van der Waals surface area contributed by atoms with Gasteiger partial charge in [0.2, 0.25) is 0 Å². The van der Waals surface area contributed by atoms with Gasteiger partial charge >= 0.3 is 6.03 Å². The third-order valence-corrected chi connectivity index (χ3v) is 4.46. The second-order valence-electron chi connectivity index (χ2n) is 6.76. The van der Waals surface area contributed by atoms with E-state index in [0.29, 0.717) is 22.8 Å². The summed E-state index contributed by atoms with van der Waals surface area (Å²) in [7, 11) is 3.51. The number of hydrogen-bond acceptors (Lipinski definition) is 6. The molecule has 3 N–H and O–H groups in total. The monoisotopic (exact) mass is 384 g/mol. The van der Waals surface area contributed by atoms with Crippen LogP contribution in [0.25, 0.3) is 0 Å². The summed E-state index contributed by atoms with van der Waals surface area (Å²) < 4.78 is 5.33. The second kappa shape index (κ2) is 8.66. The molecule has 9 heteroatoms. The van der Waals surface area contributed by atoms with Crippen molar-refractivity contribution in [1.82, 2.24) is 20.2 Å². The molecule has 3 rings (SSSR count). The number of rotatable bonds is 5. The molecule has 28 heavy (non-hydrogen) atoms. The van der Waals surface area contributed by atoms with E-state index in [1.165, 1.54) is 13.3 Å². The Hall–Kier alpha value is -3.20. The second-order valence-corrected chi connectivity index (χ2v) is 6.76. The number of urea groups is 1. The van der Waals surface area contributed by atoms with Crippen molar-refractivity contribution in [2.75, 3.05) is 37.9 Å². The Morgan fingerprint density at radius 2 is 2.04 bits per heavy atom. The third-order valence-electron chi connectivity index (χ3n) is 4.46. The first-order chi connectivity index (χ1) is 13.4. The van der Waals surface area contributed by atoms with Crippen molar-refractivity contribution in [1.29, 1.82) is 0 Å². The van der Waals surface area contributed by atoms with E-state index in [2.05, 4.69) is 30.8 Å². The number of nitrogens with zero attached hydrogens (tertiary/aromatic N) is 3. The number of anilines is 2. The largest absolute Gasteiger partial charge is 0.495 e. The van der Waals surface area contributed by atoms with Crippen LogP contribution in [-0.2, 0) is 0 Å². The molecule has 9 nitrogen and oxygen atoms in total. The maximum atomic E-state index is 12.5. The first-order valence-electron chi connectivity index (χ1n) is 8.98. The van der Waals surface area contributed by atoms with Gasteiger partial charge in [-0.2, -0.15) is 0 Å². The van der Waals surface area contributed by atoms with Crippen LogP contribution in [0.1, 0.15) is 22.5 Å². The minimum Gasteiger partial charge on any atom is -0.495 e. The number of ether oxygens (including phenoxy) is 1. The van der Waals surface area contributed by atoms with Crippen LogP contribution < -0.4 is 20.7 Å². The highest BCUT2D eigenvalue weighted by Gasteiger charge is 2.22. The molecule has 0 bridgehead atoms. The summed E-state index contributed by atoms with van der Waals surface area (Å²) in [6.07, 6.45) is 3.97. The van der Waals surface area contributed by atoms with Crippen LogP contribution in [-0.4, -0.2) is 60.1 Å². The van der Waals surface area contributed by atoms with Crippen molar-refractivity contribution in [3.05, 3.63) is 41.9 Å². The summed E-state index contributed by atoms with van der Waals surface area (Å²) in [4.78, 5) is 35.0. The molecule has 2 aromatic rings. The number of aryl methyl sites for hydroxylation is 1. The third kappa shape index (κ3) is 4.95. The molecular weight excluding hydrogens is 360 g/mol. The van der Waals surface area contributed by atoms with Gasteiger partial charge in [0.1, 0.15) is 5.75 Å². The highest BCUT2D eigenvalue weighted by Crippen LogP contribution is 2.26. The number of amides is 3. The molecule has 1 aromatic carbocycles. The van der Waals surface area contributed by atoms with E-state index in [-0.39, 0.29) is 11.9 Å². The van der Waals surface area contributed by atoms with Gasteiger partial charge in [0.05, 0.1) is 30.9 Å². The maximum Gasteiger partial charge on any atom is 0.324 e. The number of benzene rings is 1. The van der Waals surface area contributed by atoms with Crippen LogP contribution in [0.3, 0.4) is 0 Å². The number of carbonyl (C=O) groups is 2. The fourth-order valence-electron chi connectivity index (χ4n) is 2.98. The number of likely N-dealkylation sites (N-methyl/N-ethyl adjacent to an activating group) is 1. The Bertz CT molecular complexity index is 855. The Morgan fingerprint density at radius 3 is 2.68 bits per heavy atom. The van der Waals surface area contributed by atoms with E-state index in [1.807, 2.05) is 14.0 Å². The average Bonchev–Trinajstić information content (AvgIpc) is 3.08. The zero-order valence-electron chi connectivity index (χ0n) is 16.2. The Kier molecular flexibility index (Phi) is 6.05. The smallest absolute Gasteiger partial charge is 0.324 e. The van der Waals surface area contributed by atoms with Crippen molar-refractivity contribution in [3.8, 4) is 5.75 Å². The lowest BCUT2D eigenvalue weighted by Gasteiger charge is -2.15. The van der Waals surface area contributed by atoms with Crippen molar-refractivity contribution in [3.63, 3.8) is 0 Å². The molecule has 148 valence electrons. The highest BCUT2D eigenvalue weighted by atomic mass is 16.5. The number of likely N-dealkylation sites (tertiary alicyclic amines) is 1. The van der Waals surface area contributed by atoms with Gasteiger partial charge < -0.3 is 20.3 Å². The first kappa shape index (κ1) is 19.6. The van der Waals surface area contributed by atoms with Gasteiger partial charge in [-0.05, 0) is 45.1 Å². The molecule has 0 unspecified atom stereocenters. The zero-order valence-corrected chi connectivity index (χ0v) is 16.2. The average molecular weight is 384 g/mol. The molecule has 3 amide bonds. The van der Waals surface area contributed by atoms with Crippen LogP contribution in [0.15, 0.2) is 30.6 Å². The standard InChI is InChI=1S/C19H24N6O3/c1-12-9-21-17(10-20-12)24-19(27)23-15-5-4-13(8-16(15)28-3)18(26)22-14-6-7-25(2)11-14/h4-5,8-10,14H,6-7,11H2,1-3H3,(H,22,26)(H2,21,23,24,27)/t14-/m1/s1. The highest BCUT2D eigenvalue weighted by molar-refractivity contribution is 6.01. The van der Waals surface area contributed by atoms with E-state index >= 15 is 0 Å². The summed E-state index contributed by atoms with van der Waals surface area (Å²) in [5.41, 5.74) is 1.67. The van der Waals surface area contributed by atoms with Crippen LogP contribution in [0.5, 0.6) is 5.75 Å². The first-order valence-corrected chi connectivity index (χ1v) is 8.98. The number of aromatic nitrogens is 2. The molecule has 0 aliphatic carbocycles. The lowest BCUT2D eigenvalue weighted by atomic mass is 10.1. The summed E-state index contributed by atoms with van der Waals surface area (Å²) in [6, 6.07) is 4.55. The maximum absolute atomic E-state index is 12.5. The number of carbonyl (C=O) groups excluding carboxylic acids is 2. The zero-order chi connectivity index (χ0) is 20.1. The minimum atomic E-state index is -0.484. The molecule has 1 fully saturated rings. The fourth-order valence-corrected chi connectivity index (χ4v) is 2.98. The normalized spacial score (nSPS) is 16.5. The van der Waals surface area contributed by atoms with Crippen LogP contribution in [0, 0.1) is 6.92 Å². The fraction of sp³-hybridized carbons (Fsp3) is 0.368. The van der Waals surface area contributed by atoms with Gasteiger partial charge in [0.25, 0.3) is 5.91 Å². The van der Waals surface area contributed by atoms with Crippen LogP contribution in [0.4, 0.5) is 16.3 Å². The summed E-state index contributed by atoms with van der Waals surface area (Å²) in [5, 5.41) is 8.31. The van der Waals surface area contributed by atoms with Gasteiger partial charge in [0, 0.05) is 18.2 Å². The van der Waals surface area contributed by atoms with Crippen molar-refractivity contribution in [2.45, 2.75) is 19.4 Å². The number of hydrogen-bond donors (Lipinski definition) is 3. The Morgan fingerprint density at radius 1 is 1.21 bits per heavy atom.